The monoisotopic (exact) mass is 408 g/mol. The molecule has 176 valence electrons. The molecule has 0 radical (unpaired) electrons. The van der Waals surface area contributed by atoms with E-state index in [0.717, 1.165) is 47.3 Å². The minimum atomic E-state index is 0.802. The molecule has 0 aromatic rings. The first-order valence-corrected chi connectivity index (χ1v) is 13.6. The maximum atomic E-state index is 2.56. The molecular formula is C29H60. The van der Waals surface area contributed by atoms with Crippen molar-refractivity contribution < 1.29 is 0 Å². The lowest BCUT2D eigenvalue weighted by Gasteiger charge is -2.34. The molecule has 0 saturated heterocycles. The lowest BCUT2D eigenvalue weighted by atomic mass is 9.72. The van der Waals surface area contributed by atoms with Crippen molar-refractivity contribution in [1.29, 1.82) is 0 Å². The molecule has 0 heteroatoms. The second kappa shape index (κ2) is 16.7. The third-order valence-electron chi connectivity index (χ3n) is 8.44. The number of unbranched alkanes of at least 4 members (excludes halogenated alkanes) is 6. The molecule has 6 unspecified atom stereocenters. The van der Waals surface area contributed by atoms with Crippen LogP contribution in [-0.2, 0) is 0 Å². The second-order valence-electron chi connectivity index (χ2n) is 11.7. The van der Waals surface area contributed by atoms with Crippen LogP contribution in [0.15, 0.2) is 0 Å². The van der Waals surface area contributed by atoms with E-state index in [1.165, 1.54) is 70.6 Å². The van der Waals surface area contributed by atoms with Crippen molar-refractivity contribution in [3.8, 4) is 0 Å². The van der Waals surface area contributed by atoms with E-state index in [9.17, 15) is 0 Å². The second-order valence-corrected chi connectivity index (χ2v) is 11.7. The van der Waals surface area contributed by atoms with Gasteiger partial charge in [0.25, 0.3) is 0 Å². The third kappa shape index (κ3) is 13.1. The Kier molecular flexibility index (Phi) is 16.7. The predicted octanol–water partition coefficient (Wildman–Crippen LogP) is 10.4. The van der Waals surface area contributed by atoms with E-state index in [0.29, 0.717) is 0 Å². The molecule has 0 aliphatic carbocycles. The molecule has 29 heavy (non-hydrogen) atoms. The van der Waals surface area contributed by atoms with Gasteiger partial charge in [0.05, 0.1) is 0 Å². The van der Waals surface area contributed by atoms with Gasteiger partial charge in [-0.2, -0.15) is 0 Å². The zero-order chi connectivity index (χ0) is 22.4. The molecule has 0 aromatic heterocycles. The van der Waals surface area contributed by atoms with Gasteiger partial charge in [0, 0.05) is 0 Å². The standard InChI is InChI=1S/C29H60/c1-11-12-13-14-15-16-17-18-29(21-22(2)3)25(7)20-19-24(6)27(9)28(10)26(8)23(4)5/h22-29H,11-21H2,1-10H3. The molecule has 0 aliphatic heterocycles. The molecule has 6 atom stereocenters. The Morgan fingerprint density at radius 2 is 1.00 bits per heavy atom. The van der Waals surface area contributed by atoms with E-state index < -0.39 is 0 Å². The molecule has 0 N–H and O–H groups in total. The van der Waals surface area contributed by atoms with Crippen LogP contribution in [-0.4, -0.2) is 0 Å². The average molecular weight is 409 g/mol. The van der Waals surface area contributed by atoms with Gasteiger partial charge < -0.3 is 0 Å². The molecule has 0 nitrogen and oxygen atoms in total. The lowest BCUT2D eigenvalue weighted by molar-refractivity contribution is 0.159. The van der Waals surface area contributed by atoms with Crippen LogP contribution < -0.4 is 0 Å². The van der Waals surface area contributed by atoms with Crippen LogP contribution in [0.3, 0.4) is 0 Å². The van der Waals surface area contributed by atoms with Crippen LogP contribution in [0.5, 0.6) is 0 Å². The smallest absolute Gasteiger partial charge is 0.0386 e. The van der Waals surface area contributed by atoms with Gasteiger partial charge in [0.2, 0.25) is 0 Å². The largest absolute Gasteiger partial charge is 0.0654 e. The molecule has 0 fully saturated rings. The molecule has 0 aliphatic rings. The SMILES string of the molecule is CCCCCCCCCC(CC(C)C)C(C)CCC(C)C(C)C(C)C(C)C(C)C. The Bertz CT molecular complexity index is 355. The van der Waals surface area contributed by atoms with Crippen LogP contribution >= 0.6 is 0 Å². The van der Waals surface area contributed by atoms with Gasteiger partial charge in [0.15, 0.2) is 0 Å². The molecule has 0 saturated carbocycles. The Balaban J connectivity index is 4.41. The van der Waals surface area contributed by atoms with Crippen molar-refractivity contribution in [2.45, 2.75) is 140 Å². The highest BCUT2D eigenvalue weighted by Gasteiger charge is 2.26. The van der Waals surface area contributed by atoms with Crippen molar-refractivity contribution in [3.05, 3.63) is 0 Å². The van der Waals surface area contributed by atoms with Gasteiger partial charge in [-0.25, -0.2) is 0 Å². The van der Waals surface area contributed by atoms with Gasteiger partial charge in [-0.1, -0.05) is 133 Å². The molecule has 0 heterocycles. The van der Waals surface area contributed by atoms with Gasteiger partial charge in [-0.05, 0) is 53.8 Å². The zero-order valence-electron chi connectivity index (χ0n) is 22.4. The van der Waals surface area contributed by atoms with Gasteiger partial charge >= 0.3 is 0 Å². The molecule has 0 amide bonds. The van der Waals surface area contributed by atoms with Crippen LogP contribution in [0.2, 0.25) is 0 Å². The molecular weight excluding hydrogens is 348 g/mol. The Labute approximate surface area is 187 Å². The molecule has 0 rings (SSSR count). The van der Waals surface area contributed by atoms with Crippen molar-refractivity contribution in [2.24, 2.45) is 47.3 Å². The van der Waals surface area contributed by atoms with E-state index in [-0.39, 0.29) is 0 Å². The minimum Gasteiger partial charge on any atom is -0.0654 e. The Morgan fingerprint density at radius 3 is 1.52 bits per heavy atom. The maximum Gasteiger partial charge on any atom is -0.0386 e. The van der Waals surface area contributed by atoms with Crippen molar-refractivity contribution in [1.82, 2.24) is 0 Å². The highest BCUT2D eigenvalue weighted by molar-refractivity contribution is 4.76. The normalized spacial score (nSPS) is 18.6. The molecule has 0 bridgehead atoms. The topological polar surface area (TPSA) is 0 Å². The summed E-state index contributed by atoms with van der Waals surface area (Å²) in [7, 11) is 0. The van der Waals surface area contributed by atoms with Crippen LogP contribution in [0.25, 0.3) is 0 Å². The zero-order valence-corrected chi connectivity index (χ0v) is 22.4. The van der Waals surface area contributed by atoms with Crippen molar-refractivity contribution >= 4 is 0 Å². The van der Waals surface area contributed by atoms with Gasteiger partial charge in [0.1, 0.15) is 0 Å². The summed E-state index contributed by atoms with van der Waals surface area (Å²) in [5.41, 5.74) is 0. The lowest BCUT2D eigenvalue weighted by Crippen LogP contribution is -2.26. The minimum absolute atomic E-state index is 0.802. The summed E-state index contributed by atoms with van der Waals surface area (Å²) in [5, 5.41) is 0. The summed E-state index contributed by atoms with van der Waals surface area (Å²) in [6, 6.07) is 0. The maximum absolute atomic E-state index is 2.56. The number of hydrogen-bond acceptors (Lipinski definition) is 0. The van der Waals surface area contributed by atoms with E-state index in [1.54, 1.807) is 0 Å². The summed E-state index contributed by atoms with van der Waals surface area (Å²) in [5.74, 6) is 6.84. The third-order valence-corrected chi connectivity index (χ3v) is 8.44. The highest BCUT2D eigenvalue weighted by atomic mass is 14.3. The molecule has 0 aromatic carbocycles. The van der Waals surface area contributed by atoms with E-state index in [2.05, 4.69) is 69.2 Å². The fraction of sp³-hybridized carbons (Fsp3) is 1.00. The number of rotatable bonds is 18. The first kappa shape index (κ1) is 29.0. The van der Waals surface area contributed by atoms with Crippen LogP contribution in [0, 0.1) is 47.3 Å². The van der Waals surface area contributed by atoms with E-state index in [4.69, 9.17) is 0 Å². The fourth-order valence-corrected chi connectivity index (χ4v) is 5.23. The summed E-state index contributed by atoms with van der Waals surface area (Å²) >= 11 is 0. The predicted molar refractivity (Wildman–Crippen MR) is 135 cm³/mol. The van der Waals surface area contributed by atoms with Gasteiger partial charge in [-0.3, -0.25) is 0 Å². The van der Waals surface area contributed by atoms with E-state index in [1.807, 2.05) is 0 Å². The van der Waals surface area contributed by atoms with Crippen molar-refractivity contribution in [3.63, 3.8) is 0 Å². The summed E-state index contributed by atoms with van der Waals surface area (Å²) in [6.07, 6.45) is 15.8. The Hall–Kier alpha value is 0. The first-order valence-electron chi connectivity index (χ1n) is 13.6. The average Bonchev–Trinajstić information content (AvgIpc) is 2.67. The molecule has 0 spiro atoms. The summed E-state index contributed by atoms with van der Waals surface area (Å²) < 4.78 is 0. The van der Waals surface area contributed by atoms with E-state index >= 15 is 0 Å². The highest BCUT2D eigenvalue weighted by Crippen LogP contribution is 2.35. The quantitative estimate of drug-likeness (QED) is 0.198. The van der Waals surface area contributed by atoms with Crippen LogP contribution in [0.1, 0.15) is 140 Å². The van der Waals surface area contributed by atoms with Crippen molar-refractivity contribution in [2.75, 3.05) is 0 Å². The summed E-state index contributed by atoms with van der Waals surface area (Å²) in [4.78, 5) is 0. The summed E-state index contributed by atoms with van der Waals surface area (Å²) in [6.45, 7) is 24.5. The number of hydrogen-bond donors (Lipinski definition) is 0. The van der Waals surface area contributed by atoms with Gasteiger partial charge in [-0.15, -0.1) is 0 Å². The fourth-order valence-electron chi connectivity index (χ4n) is 5.23. The van der Waals surface area contributed by atoms with Crippen LogP contribution in [0.4, 0.5) is 0 Å². The first-order chi connectivity index (χ1) is 13.6. The Morgan fingerprint density at radius 1 is 0.483 bits per heavy atom.